The highest BCUT2D eigenvalue weighted by Gasteiger charge is 2.19. The van der Waals surface area contributed by atoms with E-state index >= 15 is 0 Å². The molecule has 0 spiro atoms. The number of furan rings is 1. The average molecular weight is 323 g/mol. The van der Waals surface area contributed by atoms with Crippen molar-refractivity contribution < 1.29 is 13.9 Å². The first-order chi connectivity index (χ1) is 9.17. The van der Waals surface area contributed by atoms with Crippen LogP contribution in [0.4, 0.5) is 0 Å². The van der Waals surface area contributed by atoms with Crippen molar-refractivity contribution in [3.05, 3.63) is 51.9 Å². The molecule has 3 nitrogen and oxygen atoms in total. The molecule has 0 unspecified atom stereocenters. The molecule has 1 heterocycles. The maximum absolute atomic E-state index is 12.6. The first-order valence-electron chi connectivity index (χ1n) is 6.20. The summed E-state index contributed by atoms with van der Waals surface area (Å²) in [5.41, 5.74) is 1.15. The molecule has 0 bridgehead atoms. The van der Waals surface area contributed by atoms with Crippen LogP contribution in [0, 0.1) is 0 Å². The molecule has 1 aromatic heterocycles. The summed E-state index contributed by atoms with van der Waals surface area (Å²) in [7, 11) is 0. The standard InChI is InChI=1S/C15H15BrO3/c1-3-13-11(7-8-19-13)15(17)12-9-10(16)5-6-14(12)18-4-2/h5-9H,3-4H2,1-2H3. The number of hydrogen-bond acceptors (Lipinski definition) is 3. The van der Waals surface area contributed by atoms with E-state index in [0.717, 1.165) is 4.47 Å². The molecule has 0 N–H and O–H groups in total. The zero-order valence-electron chi connectivity index (χ0n) is 10.9. The maximum atomic E-state index is 12.6. The van der Waals surface area contributed by atoms with Gasteiger partial charge in [0.05, 0.1) is 24.0 Å². The molecule has 1 aromatic carbocycles. The quantitative estimate of drug-likeness (QED) is 0.773. The third kappa shape index (κ3) is 2.89. The van der Waals surface area contributed by atoms with Gasteiger partial charge >= 0.3 is 0 Å². The van der Waals surface area contributed by atoms with Gasteiger partial charge in [0.1, 0.15) is 11.5 Å². The SMILES string of the molecule is CCOc1ccc(Br)cc1C(=O)c1ccoc1CC. The largest absolute Gasteiger partial charge is 0.493 e. The lowest BCUT2D eigenvalue weighted by Gasteiger charge is -2.09. The summed E-state index contributed by atoms with van der Waals surface area (Å²) in [4.78, 5) is 12.6. The summed E-state index contributed by atoms with van der Waals surface area (Å²) in [6.45, 7) is 4.37. The third-order valence-electron chi connectivity index (χ3n) is 2.80. The van der Waals surface area contributed by atoms with Gasteiger partial charge in [-0.25, -0.2) is 0 Å². The van der Waals surface area contributed by atoms with Gasteiger partial charge in [0.25, 0.3) is 0 Å². The van der Waals surface area contributed by atoms with Crippen molar-refractivity contribution >= 4 is 21.7 Å². The Morgan fingerprint density at radius 1 is 1.26 bits per heavy atom. The van der Waals surface area contributed by atoms with Crippen molar-refractivity contribution in [2.24, 2.45) is 0 Å². The fraction of sp³-hybridized carbons (Fsp3) is 0.267. The molecule has 0 saturated heterocycles. The predicted molar refractivity (Wildman–Crippen MR) is 76.8 cm³/mol. The van der Waals surface area contributed by atoms with Crippen LogP contribution in [-0.4, -0.2) is 12.4 Å². The number of aryl methyl sites for hydroxylation is 1. The maximum Gasteiger partial charge on any atom is 0.200 e. The Hall–Kier alpha value is -1.55. The van der Waals surface area contributed by atoms with E-state index in [1.807, 2.05) is 19.9 Å². The van der Waals surface area contributed by atoms with Crippen molar-refractivity contribution in [1.29, 1.82) is 0 Å². The molecule has 0 atom stereocenters. The minimum Gasteiger partial charge on any atom is -0.493 e. The monoisotopic (exact) mass is 322 g/mol. The number of hydrogen-bond donors (Lipinski definition) is 0. The number of benzene rings is 1. The lowest BCUT2D eigenvalue weighted by molar-refractivity contribution is 0.103. The van der Waals surface area contributed by atoms with E-state index in [-0.39, 0.29) is 5.78 Å². The van der Waals surface area contributed by atoms with Gasteiger partial charge in [-0.1, -0.05) is 22.9 Å². The molecule has 19 heavy (non-hydrogen) atoms. The van der Waals surface area contributed by atoms with E-state index in [9.17, 15) is 4.79 Å². The fourth-order valence-corrected chi connectivity index (χ4v) is 2.28. The highest BCUT2D eigenvalue weighted by Crippen LogP contribution is 2.27. The van der Waals surface area contributed by atoms with Crippen molar-refractivity contribution in [1.82, 2.24) is 0 Å². The van der Waals surface area contributed by atoms with Crippen LogP contribution in [-0.2, 0) is 6.42 Å². The van der Waals surface area contributed by atoms with E-state index in [2.05, 4.69) is 15.9 Å². The highest BCUT2D eigenvalue weighted by molar-refractivity contribution is 9.10. The van der Waals surface area contributed by atoms with Crippen LogP contribution in [0.3, 0.4) is 0 Å². The molecular weight excluding hydrogens is 308 g/mol. The second-order valence-corrected chi connectivity index (χ2v) is 4.93. The summed E-state index contributed by atoms with van der Waals surface area (Å²) >= 11 is 3.38. The van der Waals surface area contributed by atoms with E-state index in [0.29, 0.717) is 35.7 Å². The van der Waals surface area contributed by atoms with Gasteiger partial charge in [0, 0.05) is 10.9 Å². The molecular formula is C15H15BrO3. The zero-order chi connectivity index (χ0) is 13.8. The van der Waals surface area contributed by atoms with E-state index in [1.165, 1.54) is 0 Å². The van der Waals surface area contributed by atoms with E-state index in [4.69, 9.17) is 9.15 Å². The number of ketones is 1. The normalized spacial score (nSPS) is 10.5. The number of carbonyl (C=O) groups excluding carboxylic acids is 1. The average Bonchev–Trinajstić information content (AvgIpc) is 2.88. The highest BCUT2D eigenvalue weighted by atomic mass is 79.9. The van der Waals surface area contributed by atoms with Crippen LogP contribution < -0.4 is 4.74 Å². The number of rotatable bonds is 5. The van der Waals surface area contributed by atoms with Crippen LogP contribution in [0.5, 0.6) is 5.75 Å². The molecule has 0 aliphatic carbocycles. The molecule has 0 fully saturated rings. The van der Waals surface area contributed by atoms with Gasteiger partial charge in [-0.3, -0.25) is 4.79 Å². The first-order valence-corrected chi connectivity index (χ1v) is 7.00. The Morgan fingerprint density at radius 3 is 2.74 bits per heavy atom. The summed E-state index contributed by atoms with van der Waals surface area (Å²) in [6, 6.07) is 7.14. The fourth-order valence-electron chi connectivity index (χ4n) is 1.92. The summed E-state index contributed by atoms with van der Waals surface area (Å²) in [5, 5.41) is 0. The first kappa shape index (κ1) is 13.9. The molecule has 0 saturated carbocycles. The van der Waals surface area contributed by atoms with E-state index in [1.54, 1.807) is 24.5 Å². The Morgan fingerprint density at radius 2 is 2.05 bits per heavy atom. The van der Waals surface area contributed by atoms with Gasteiger partial charge in [-0.15, -0.1) is 0 Å². The topological polar surface area (TPSA) is 39.4 Å². The molecule has 2 aromatic rings. The Bertz CT molecular complexity index is 587. The number of ether oxygens (including phenoxy) is 1. The molecule has 100 valence electrons. The van der Waals surface area contributed by atoms with Gasteiger partial charge < -0.3 is 9.15 Å². The lowest BCUT2D eigenvalue weighted by atomic mass is 10.0. The van der Waals surface area contributed by atoms with Crippen LogP contribution in [0.1, 0.15) is 35.5 Å². The molecule has 0 aliphatic heterocycles. The summed E-state index contributed by atoms with van der Waals surface area (Å²) < 4.78 is 11.7. The Labute approximate surface area is 120 Å². The minimum absolute atomic E-state index is 0.0737. The molecule has 2 rings (SSSR count). The smallest absolute Gasteiger partial charge is 0.200 e. The molecule has 4 heteroatoms. The second kappa shape index (κ2) is 6.06. The van der Waals surface area contributed by atoms with Crippen LogP contribution in [0.15, 0.2) is 39.4 Å². The van der Waals surface area contributed by atoms with Gasteiger partial charge in [-0.2, -0.15) is 0 Å². The summed E-state index contributed by atoms with van der Waals surface area (Å²) in [5.74, 6) is 1.22. The molecule has 0 amide bonds. The van der Waals surface area contributed by atoms with Crippen LogP contribution >= 0.6 is 15.9 Å². The van der Waals surface area contributed by atoms with Crippen molar-refractivity contribution in [3.8, 4) is 5.75 Å². The van der Waals surface area contributed by atoms with Gasteiger partial charge in [0.15, 0.2) is 5.78 Å². The van der Waals surface area contributed by atoms with Crippen molar-refractivity contribution in [3.63, 3.8) is 0 Å². The Balaban J connectivity index is 2.45. The zero-order valence-corrected chi connectivity index (χ0v) is 12.5. The van der Waals surface area contributed by atoms with Crippen LogP contribution in [0.2, 0.25) is 0 Å². The van der Waals surface area contributed by atoms with Crippen LogP contribution in [0.25, 0.3) is 0 Å². The Kier molecular flexibility index (Phi) is 4.43. The van der Waals surface area contributed by atoms with Gasteiger partial charge in [-0.05, 0) is 31.2 Å². The van der Waals surface area contributed by atoms with Crippen molar-refractivity contribution in [2.45, 2.75) is 20.3 Å². The van der Waals surface area contributed by atoms with Crippen molar-refractivity contribution in [2.75, 3.05) is 6.61 Å². The lowest BCUT2D eigenvalue weighted by Crippen LogP contribution is -2.06. The predicted octanol–water partition coefficient (Wildman–Crippen LogP) is 4.23. The minimum atomic E-state index is -0.0737. The number of carbonyl (C=O) groups is 1. The third-order valence-corrected chi connectivity index (χ3v) is 3.29. The summed E-state index contributed by atoms with van der Waals surface area (Å²) in [6.07, 6.45) is 2.23. The van der Waals surface area contributed by atoms with E-state index < -0.39 is 0 Å². The molecule has 0 radical (unpaired) electrons. The number of halogens is 1. The molecule has 0 aliphatic rings. The van der Waals surface area contributed by atoms with Gasteiger partial charge in [0.2, 0.25) is 0 Å². The second-order valence-electron chi connectivity index (χ2n) is 4.01.